The first-order chi connectivity index (χ1) is 14.1. The molecule has 9 nitrogen and oxygen atoms in total. The van der Waals surface area contributed by atoms with Gasteiger partial charge in [-0.1, -0.05) is 0 Å². The molecule has 156 valence electrons. The van der Waals surface area contributed by atoms with Gasteiger partial charge in [0.25, 0.3) is 5.56 Å². The predicted molar refractivity (Wildman–Crippen MR) is 99.4 cm³/mol. The van der Waals surface area contributed by atoms with E-state index < -0.39 is 18.3 Å². The van der Waals surface area contributed by atoms with Gasteiger partial charge in [-0.3, -0.25) is 14.5 Å². The minimum absolute atomic E-state index is 0.198. The summed E-state index contributed by atoms with van der Waals surface area (Å²) in [5.41, 5.74) is 0.426. The third-order valence-corrected chi connectivity index (χ3v) is 4.61. The Balaban J connectivity index is 2.01. The second-order valence-corrected chi connectivity index (χ2v) is 6.70. The van der Waals surface area contributed by atoms with Gasteiger partial charge in [0, 0.05) is 13.2 Å². The number of hydrogen-bond donors (Lipinski definition) is 2. The van der Waals surface area contributed by atoms with E-state index in [2.05, 4.69) is 25.1 Å². The zero-order chi connectivity index (χ0) is 21.8. The maximum atomic E-state index is 12.9. The molecule has 0 radical (unpaired) electrons. The standard InChI is InChI=1S/C18H16F3N7O2/c1-8-14-17(30)24-9(2)25-28(14)16(23-8)13-12(7-29)26-27(3)15(13)11-5-4-10(6-22-11)18(19,20)21/h4-6,29H,7H2,1-3H3,(H,24,25,30). The molecule has 30 heavy (non-hydrogen) atoms. The van der Waals surface area contributed by atoms with E-state index in [0.717, 1.165) is 12.3 Å². The zero-order valence-corrected chi connectivity index (χ0v) is 16.1. The molecule has 4 aromatic heterocycles. The van der Waals surface area contributed by atoms with Crippen LogP contribution < -0.4 is 5.56 Å². The highest BCUT2D eigenvalue weighted by Gasteiger charge is 2.31. The number of H-pyrrole nitrogens is 1. The van der Waals surface area contributed by atoms with Crippen molar-refractivity contribution in [3.8, 4) is 22.8 Å². The molecule has 0 bridgehead atoms. The maximum Gasteiger partial charge on any atom is 0.417 e. The number of nitrogens with one attached hydrogen (secondary N) is 1. The lowest BCUT2D eigenvalue weighted by atomic mass is 10.1. The maximum absolute atomic E-state index is 12.9. The molecule has 0 aromatic carbocycles. The first-order valence-electron chi connectivity index (χ1n) is 8.78. The normalized spacial score (nSPS) is 12.1. The van der Waals surface area contributed by atoms with E-state index in [9.17, 15) is 23.1 Å². The summed E-state index contributed by atoms with van der Waals surface area (Å²) >= 11 is 0. The number of aromatic amines is 1. The topological polar surface area (TPSA) is 114 Å². The molecule has 0 fully saturated rings. The van der Waals surface area contributed by atoms with Gasteiger partial charge in [0.15, 0.2) is 11.3 Å². The molecule has 0 unspecified atom stereocenters. The Kier molecular flexibility index (Phi) is 4.45. The van der Waals surface area contributed by atoms with Crippen molar-refractivity contribution in [1.29, 1.82) is 0 Å². The van der Waals surface area contributed by atoms with Crippen molar-refractivity contribution in [1.82, 2.24) is 34.3 Å². The fourth-order valence-electron chi connectivity index (χ4n) is 3.36. The molecular weight excluding hydrogens is 403 g/mol. The fourth-order valence-corrected chi connectivity index (χ4v) is 3.36. The Morgan fingerprint density at radius 3 is 2.53 bits per heavy atom. The van der Waals surface area contributed by atoms with Crippen LogP contribution >= 0.6 is 0 Å². The summed E-state index contributed by atoms with van der Waals surface area (Å²) in [4.78, 5) is 23.3. The third kappa shape index (κ3) is 3.05. The molecule has 12 heteroatoms. The summed E-state index contributed by atoms with van der Waals surface area (Å²) in [6.45, 7) is 2.78. The molecule has 0 atom stereocenters. The van der Waals surface area contributed by atoms with Crippen LogP contribution in [0.3, 0.4) is 0 Å². The van der Waals surface area contributed by atoms with Crippen molar-refractivity contribution in [2.45, 2.75) is 26.6 Å². The second kappa shape index (κ2) is 6.76. The minimum atomic E-state index is -4.52. The molecule has 4 heterocycles. The first-order valence-corrected chi connectivity index (χ1v) is 8.78. The van der Waals surface area contributed by atoms with Gasteiger partial charge < -0.3 is 10.1 Å². The summed E-state index contributed by atoms with van der Waals surface area (Å²) in [5, 5.41) is 18.4. The Hall–Kier alpha value is -3.54. The highest BCUT2D eigenvalue weighted by atomic mass is 19.4. The van der Waals surface area contributed by atoms with Gasteiger partial charge in [0.1, 0.15) is 5.82 Å². The highest BCUT2D eigenvalue weighted by Crippen LogP contribution is 2.35. The molecule has 2 N–H and O–H groups in total. The number of alkyl halides is 3. The molecule has 0 saturated carbocycles. The summed E-state index contributed by atoms with van der Waals surface area (Å²) in [7, 11) is 1.57. The Bertz CT molecular complexity index is 1320. The Morgan fingerprint density at radius 1 is 1.20 bits per heavy atom. The van der Waals surface area contributed by atoms with Crippen LogP contribution in [0.15, 0.2) is 23.1 Å². The van der Waals surface area contributed by atoms with Crippen LogP contribution in [0.25, 0.3) is 28.3 Å². The van der Waals surface area contributed by atoms with Crippen molar-refractivity contribution in [2.24, 2.45) is 7.05 Å². The number of aromatic nitrogens is 7. The summed E-state index contributed by atoms with van der Waals surface area (Å²) in [6, 6.07) is 2.14. The van der Waals surface area contributed by atoms with Crippen molar-refractivity contribution < 1.29 is 18.3 Å². The molecule has 0 aliphatic heterocycles. The van der Waals surface area contributed by atoms with Gasteiger partial charge in [0.2, 0.25) is 0 Å². The van der Waals surface area contributed by atoms with Crippen LogP contribution in [0.5, 0.6) is 0 Å². The predicted octanol–water partition coefficient (Wildman–Crippen LogP) is 2.01. The largest absolute Gasteiger partial charge is 0.417 e. The summed E-state index contributed by atoms with van der Waals surface area (Å²) < 4.78 is 41.5. The third-order valence-electron chi connectivity index (χ3n) is 4.61. The molecule has 0 spiro atoms. The van der Waals surface area contributed by atoms with Crippen LogP contribution in [-0.4, -0.2) is 39.5 Å². The smallest absolute Gasteiger partial charge is 0.390 e. The van der Waals surface area contributed by atoms with Crippen LogP contribution in [0, 0.1) is 13.8 Å². The molecule has 0 saturated heterocycles. The van der Waals surface area contributed by atoms with E-state index in [1.165, 1.54) is 15.3 Å². The van der Waals surface area contributed by atoms with Crippen molar-refractivity contribution in [2.75, 3.05) is 0 Å². The fraction of sp³-hybridized carbons (Fsp3) is 0.278. The average Bonchev–Trinajstić information content (AvgIpc) is 3.17. The monoisotopic (exact) mass is 419 g/mol. The van der Waals surface area contributed by atoms with E-state index >= 15 is 0 Å². The summed E-state index contributed by atoms with van der Waals surface area (Å²) in [6.07, 6.45) is -3.79. The van der Waals surface area contributed by atoms with E-state index in [-0.39, 0.29) is 28.3 Å². The molecule has 4 rings (SSSR count). The van der Waals surface area contributed by atoms with Gasteiger partial charge in [-0.2, -0.15) is 23.4 Å². The lowest BCUT2D eigenvalue weighted by molar-refractivity contribution is -0.137. The number of pyridine rings is 1. The van der Waals surface area contributed by atoms with Crippen molar-refractivity contribution in [3.05, 3.63) is 51.5 Å². The van der Waals surface area contributed by atoms with Crippen molar-refractivity contribution in [3.63, 3.8) is 0 Å². The molecule has 0 aliphatic carbocycles. The van der Waals surface area contributed by atoms with Gasteiger partial charge in [-0.15, -0.1) is 0 Å². The van der Waals surface area contributed by atoms with Gasteiger partial charge in [-0.25, -0.2) is 9.50 Å². The molecule has 4 aromatic rings. The summed E-state index contributed by atoms with van der Waals surface area (Å²) in [5.74, 6) is 0.570. The van der Waals surface area contributed by atoms with Gasteiger partial charge in [-0.05, 0) is 26.0 Å². The lowest BCUT2D eigenvalue weighted by Gasteiger charge is -2.09. The number of imidazole rings is 1. The number of hydrogen-bond acceptors (Lipinski definition) is 6. The quantitative estimate of drug-likeness (QED) is 0.525. The van der Waals surface area contributed by atoms with Crippen LogP contribution in [0.1, 0.15) is 22.8 Å². The molecular formula is C18H16F3N7O2. The molecule has 0 aliphatic rings. The Labute approximate surface area is 166 Å². The van der Waals surface area contributed by atoms with E-state index in [4.69, 9.17) is 0 Å². The first kappa shape index (κ1) is 19.8. The Morgan fingerprint density at radius 2 is 1.93 bits per heavy atom. The lowest BCUT2D eigenvalue weighted by Crippen LogP contribution is -2.15. The minimum Gasteiger partial charge on any atom is -0.390 e. The zero-order valence-electron chi connectivity index (χ0n) is 16.1. The second-order valence-electron chi connectivity index (χ2n) is 6.70. The number of rotatable bonds is 3. The van der Waals surface area contributed by atoms with Crippen LogP contribution in [0.4, 0.5) is 13.2 Å². The number of aliphatic hydroxyl groups is 1. The number of aryl methyl sites for hydroxylation is 3. The average molecular weight is 419 g/mol. The van der Waals surface area contributed by atoms with E-state index in [1.54, 1.807) is 20.9 Å². The van der Waals surface area contributed by atoms with Gasteiger partial charge >= 0.3 is 6.18 Å². The molecule has 0 amide bonds. The van der Waals surface area contributed by atoms with Crippen molar-refractivity contribution >= 4 is 5.52 Å². The highest BCUT2D eigenvalue weighted by molar-refractivity contribution is 5.80. The van der Waals surface area contributed by atoms with Crippen LogP contribution in [0.2, 0.25) is 0 Å². The van der Waals surface area contributed by atoms with E-state index in [0.29, 0.717) is 22.8 Å². The number of halogens is 3. The van der Waals surface area contributed by atoms with Gasteiger partial charge in [0.05, 0.1) is 40.5 Å². The number of fused-ring (bicyclic) bond motifs is 1. The van der Waals surface area contributed by atoms with E-state index in [1.807, 2.05) is 0 Å². The SMILES string of the molecule is Cc1nn2c(-c3c(CO)nn(C)c3-c3ccc(C(F)(F)F)cn3)nc(C)c2c(=O)[nH]1. The number of nitrogens with zero attached hydrogens (tertiary/aromatic N) is 6. The van der Waals surface area contributed by atoms with Crippen LogP contribution in [-0.2, 0) is 19.8 Å². The number of aliphatic hydroxyl groups excluding tert-OH is 1.